The Morgan fingerprint density at radius 1 is 1.11 bits per heavy atom. The Morgan fingerprint density at radius 3 is 2.37 bits per heavy atom. The van der Waals surface area contributed by atoms with Crippen LogP contribution in [0.1, 0.15) is 41.6 Å². The van der Waals surface area contributed by atoms with Crippen molar-refractivity contribution in [2.75, 3.05) is 20.2 Å². The highest BCUT2D eigenvalue weighted by molar-refractivity contribution is 5.98. The van der Waals surface area contributed by atoms with E-state index in [-0.39, 0.29) is 23.0 Å². The Morgan fingerprint density at radius 2 is 1.81 bits per heavy atom. The molecule has 1 saturated carbocycles. The fraction of sp³-hybridized carbons (Fsp3) is 0.409. The van der Waals surface area contributed by atoms with Crippen molar-refractivity contribution >= 4 is 11.7 Å². The molecule has 1 saturated heterocycles. The van der Waals surface area contributed by atoms with Crippen LogP contribution in [0.5, 0.6) is 5.75 Å². The molecule has 27 heavy (non-hydrogen) atoms. The number of hydrogen-bond donors (Lipinski definition) is 0. The minimum Gasteiger partial charge on any atom is -0.497 e. The van der Waals surface area contributed by atoms with Crippen LogP contribution in [-0.2, 0) is 10.2 Å². The first-order chi connectivity index (χ1) is 13.1. The van der Waals surface area contributed by atoms with E-state index >= 15 is 0 Å². The monoisotopic (exact) mass is 364 g/mol. The van der Waals surface area contributed by atoms with Crippen molar-refractivity contribution in [1.29, 1.82) is 0 Å². The average Bonchev–Trinajstić information content (AvgIpc) is 3.55. The summed E-state index contributed by atoms with van der Waals surface area (Å²) in [4.78, 5) is 31.8. The van der Waals surface area contributed by atoms with Crippen LogP contribution in [0.4, 0.5) is 0 Å². The lowest BCUT2D eigenvalue weighted by Gasteiger charge is -2.34. The van der Waals surface area contributed by atoms with Crippen LogP contribution in [0.15, 0.2) is 48.8 Å². The average molecular weight is 364 g/mol. The summed E-state index contributed by atoms with van der Waals surface area (Å²) in [5, 5.41) is 0. The van der Waals surface area contributed by atoms with Gasteiger partial charge in [0.25, 0.3) is 0 Å². The van der Waals surface area contributed by atoms with E-state index in [4.69, 9.17) is 4.74 Å². The maximum atomic E-state index is 13.2. The highest BCUT2D eigenvalue weighted by Crippen LogP contribution is 2.50. The van der Waals surface area contributed by atoms with E-state index in [2.05, 4.69) is 4.98 Å². The lowest BCUT2D eigenvalue weighted by atomic mass is 9.87. The van der Waals surface area contributed by atoms with Gasteiger partial charge in [-0.1, -0.05) is 12.1 Å². The molecule has 0 radical (unpaired) electrons. The molecule has 2 aliphatic rings. The molecule has 1 aliphatic carbocycles. The number of nitrogens with zero attached hydrogens (tertiary/aromatic N) is 2. The Hall–Kier alpha value is -2.69. The number of carbonyl (C=O) groups is 2. The summed E-state index contributed by atoms with van der Waals surface area (Å²) >= 11 is 0. The Kier molecular flexibility index (Phi) is 4.68. The topological polar surface area (TPSA) is 59.5 Å². The molecule has 0 unspecified atom stereocenters. The van der Waals surface area contributed by atoms with Crippen molar-refractivity contribution in [2.45, 2.75) is 31.1 Å². The molecule has 0 N–H and O–H groups in total. The second-order valence-electron chi connectivity index (χ2n) is 7.48. The number of Topliss-reactive ketones (excluding diaryl/α,β-unsaturated/α-hetero) is 1. The number of aromatic nitrogens is 1. The van der Waals surface area contributed by atoms with Crippen molar-refractivity contribution in [1.82, 2.24) is 9.88 Å². The van der Waals surface area contributed by atoms with Crippen molar-refractivity contribution in [2.24, 2.45) is 5.92 Å². The summed E-state index contributed by atoms with van der Waals surface area (Å²) in [7, 11) is 1.64. The van der Waals surface area contributed by atoms with Gasteiger partial charge in [-0.05, 0) is 55.5 Å². The molecule has 1 aliphatic heterocycles. The predicted octanol–water partition coefficient (Wildman–Crippen LogP) is 3.24. The number of ether oxygens (including phenoxy) is 1. The largest absolute Gasteiger partial charge is 0.497 e. The number of methoxy groups -OCH3 is 1. The first-order valence-electron chi connectivity index (χ1n) is 9.52. The number of ketones is 1. The molecule has 1 amide bonds. The number of benzene rings is 1. The normalized spacial score (nSPS) is 18.8. The third-order valence-electron chi connectivity index (χ3n) is 5.90. The van der Waals surface area contributed by atoms with Gasteiger partial charge in [0.1, 0.15) is 5.75 Å². The zero-order chi connectivity index (χ0) is 18.9. The summed E-state index contributed by atoms with van der Waals surface area (Å²) in [6.07, 6.45) is 6.53. The molecule has 5 heteroatoms. The van der Waals surface area contributed by atoms with Crippen LogP contribution in [0.25, 0.3) is 0 Å². The number of rotatable bonds is 5. The number of hydrogen-bond acceptors (Lipinski definition) is 4. The van der Waals surface area contributed by atoms with Gasteiger partial charge in [-0.3, -0.25) is 14.6 Å². The molecular formula is C22H24N2O3. The number of likely N-dealkylation sites (tertiary alicyclic amines) is 1. The van der Waals surface area contributed by atoms with Gasteiger partial charge in [0.15, 0.2) is 5.78 Å². The Labute approximate surface area is 159 Å². The van der Waals surface area contributed by atoms with Gasteiger partial charge in [0.05, 0.1) is 12.5 Å². The van der Waals surface area contributed by atoms with Gasteiger partial charge in [0.2, 0.25) is 5.91 Å². The molecule has 5 nitrogen and oxygen atoms in total. The molecule has 140 valence electrons. The summed E-state index contributed by atoms with van der Waals surface area (Å²) in [5.74, 6) is 1.14. The van der Waals surface area contributed by atoms with E-state index in [1.165, 1.54) is 0 Å². The highest BCUT2D eigenvalue weighted by atomic mass is 16.5. The quantitative estimate of drug-likeness (QED) is 0.764. The van der Waals surface area contributed by atoms with Crippen LogP contribution >= 0.6 is 0 Å². The molecule has 2 fully saturated rings. The SMILES string of the molecule is COc1ccc(C2(C(=O)N3CCC(C(=O)c4cccnc4)CC3)CC2)cc1. The minimum absolute atomic E-state index is 0.0191. The van der Waals surface area contributed by atoms with Crippen LogP contribution in [-0.4, -0.2) is 41.8 Å². The Bertz CT molecular complexity index is 820. The first kappa shape index (κ1) is 17.7. The number of amides is 1. The van der Waals surface area contributed by atoms with Crippen molar-refractivity contribution in [3.63, 3.8) is 0 Å². The van der Waals surface area contributed by atoms with E-state index in [1.54, 1.807) is 25.6 Å². The van der Waals surface area contributed by atoms with Gasteiger partial charge in [0, 0.05) is 37.0 Å². The third-order valence-corrected chi connectivity index (χ3v) is 5.90. The molecule has 2 aromatic rings. The fourth-order valence-electron chi connectivity index (χ4n) is 4.05. The van der Waals surface area contributed by atoms with E-state index in [0.29, 0.717) is 18.7 Å². The van der Waals surface area contributed by atoms with Crippen LogP contribution in [0.3, 0.4) is 0 Å². The zero-order valence-corrected chi connectivity index (χ0v) is 15.6. The van der Waals surface area contributed by atoms with Gasteiger partial charge < -0.3 is 9.64 Å². The first-order valence-corrected chi connectivity index (χ1v) is 9.52. The molecule has 4 rings (SSSR count). The van der Waals surface area contributed by atoms with E-state index in [0.717, 1.165) is 37.0 Å². The van der Waals surface area contributed by atoms with Crippen LogP contribution in [0, 0.1) is 5.92 Å². The summed E-state index contributed by atoms with van der Waals surface area (Å²) in [6.45, 7) is 1.29. The predicted molar refractivity (Wildman–Crippen MR) is 102 cm³/mol. The summed E-state index contributed by atoms with van der Waals surface area (Å²) < 4.78 is 5.22. The Balaban J connectivity index is 1.40. The smallest absolute Gasteiger partial charge is 0.233 e. The van der Waals surface area contributed by atoms with Crippen LogP contribution < -0.4 is 4.74 Å². The zero-order valence-electron chi connectivity index (χ0n) is 15.6. The lowest BCUT2D eigenvalue weighted by molar-refractivity contribution is -0.135. The molecular weight excluding hydrogens is 340 g/mol. The van der Waals surface area contributed by atoms with Gasteiger partial charge in [-0.15, -0.1) is 0 Å². The molecule has 1 aromatic heterocycles. The van der Waals surface area contributed by atoms with Crippen molar-refractivity contribution in [3.05, 3.63) is 59.9 Å². The second-order valence-corrected chi connectivity index (χ2v) is 7.48. The molecule has 2 heterocycles. The van der Waals surface area contributed by atoms with Crippen molar-refractivity contribution in [3.8, 4) is 5.75 Å². The summed E-state index contributed by atoms with van der Waals surface area (Å²) in [5.41, 5.74) is 1.37. The molecule has 1 aromatic carbocycles. The third kappa shape index (κ3) is 3.34. The lowest BCUT2D eigenvalue weighted by Crippen LogP contribution is -2.45. The molecule has 0 bridgehead atoms. The van der Waals surface area contributed by atoms with Gasteiger partial charge >= 0.3 is 0 Å². The standard InChI is InChI=1S/C22H24N2O3/c1-27-19-6-4-18(5-7-19)22(10-11-22)21(26)24-13-8-16(9-14-24)20(25)17-3-2-12-23-15-17/h2-7,12,15-16H,8-11,13-14H2,1H3. The minimum atomic E-state index is -0.369. The van der Waals surface area contributed by atoms with Gasteiger partial charge in [-0.2, -0.15) is 0 Å². The molecule has 0 atom stereocenters. The fourth-order valence-corrected chi connectivity index (χ4v) is 4.05. The highest BCUT2D eigenvalue weighted by Gasteiger charge is 2.53. The van der Waals surface area contributed by atoms with E-state index in [1.807, 2.05) is 35.2 Å². The number of piperidine rings is 1. The van der Waals surface area contributed by atoms with Crippen LogP contribution in [0.2, 0.25) is 0 Å². The van der Waals surface area contributed by atoms with Crippen molar-refractivity contribution < 1.29 is 14.3 Å². The summed E-state index contributed by atoms with van der Waals surface area (Å²) in [6, 6.07) is 11.4. The maximum Gasteiger partial charge on any atom is 0.233 e. The number of pyridine rings is 1. The van der Waals surface area contributed by atoms with E-state index < -0.39 is 0 Å². The second kappa shape index (κ2) is 7.14. The van der Waals surface area contributed by atoms with E-state index in [9.17, 15) is 9.59 Å². The molecule has 0 spiro atoms. The maximum absolute atomic E-state index is 13.2. The van der Waals surface area contributed by atoms with Gasteiger partial charge in [-0.25, -0.2) is 0 Å². The number of carbonyl (C=O) groups excluding carboxylic acids is 2.